The van der Waals surface area contributed by atoms with Gasteiger partial charge in [-0.1, -0.05) is 154 Å². The van der Waals surface area contributed by atoms with Crippen molar-refractivity contribution in [2.45, 2.75) is 295 Å². The van der Waals surface area contributed by atoms with E-state index in [9.17, 15) is 14.4 Å². The first kappa shape index (κ1) is 70.5. The van der Waals surface area contributed by atoms with Gasteiger partial charge in [0.2, 0.25) is 0 Å². The fraction of sp³-hybridized carbons (Fsp3) is 0.852. The molecular formula is C61H114O6S3Sn. The van der Waals surface area contributed by atoms with Gasteiger partial charge in [0, 0.05) is 0 Å². The van der Waals surface area contributed by atoms with Crippen LogP contribution in [-0.2, 0) is 28.6 Å². The molecule has 0 saturated carbocycles. The molecule has 0 bridgehead atoms. The van der Waals surface area contributed by atoms with Crippen LogP contribution in [0.15, 0.2) is 36.5 Å². The SMILES string of the molecule is CCCCCCCC/C=C\CCCCCCCC(=O)OCC[S][Sn]([CH3])([S]CCOC(=O)CCCCCCC/C=C\CCCCCCCC)[S]CCOC(=O)CCCCCCC/C=C\CCCCCCCC. The van der Waals surface area contributed by atoms with E-state index < -0.39 is 14.2 Å². The summed E-state index contributed by atoms with van der Waals surface area (Å²) in [5.41, 5.74) is 0. The van der Waals surface area contributed by atoms with Gasteiger partial charge in [-0.2, -0.15) is 0 Å². The Morgan fingerprint density at radius 2 is 0.507 bits per heavy atom. The van der Waals surface area contributed by atoms with Gasteiger partial charge < -0.3 is 0 Å². The van der Waals surface area contributed by atoms with Crippen molar-refractivity contribution in [3.8, 4) is 0 Å². The molecule has 0 unspecified atom stereocenters. The first-order valence-corrected chi connectivity index (χ1v) is 46.5. The molecule has 10 heteroatoms. The van der Waals surface area contributed by atoms with Gasteiger partial charge in [-0.25, -0.2) is 0 Å². The van der Waals surface area contributed by atoms with Crippen molar-refractivity contribution in [2.24, 2.45) is 0 Å². The zero-order valence-corrected chi connectivity index (χ0v) is 52.4. The molecule has 0 aromatic rings. The number of ether oxygens (including phenoxy) is 3. The summed E-state index contributed by atoms with van der Waals surface area (Å²) in [4.78, 5) is 40.1. The summed E-state index contributed by atoms with van der Waals surface area (Å²) in [6.45, 7) is 8.10. The van der Waals surface area contributed by atoms with Crippen LogP contribution in [0.25, 0.3) is 0 Å². The summed E-state index contributed by atoms with van der Waals surface area (Å²) >= 11 is -2.88. The Balaban J connectivity index is 4.44. The van der Waals surface area contributed by atoms with Gasteiger partial charge in [-0.05, 0) is 38.5 Å². The van der Waals surface area contributed by atoms with Crippen LogP contribution in [0.1, 0.15) is 290 Å². The third kappa shape index (κ3) is 57.0. The van der Waals surface area contributed by atoms with Crippen LogP contribution in [0, 0.1) is 0 Å². The van der Waals surface area contributed by atoms with E-state index in [0.717, 1.165) is 55.8 Å². The second kappa shape index (κ2) is 58.7. The van der Waals surface area contributed by atoms with Crippen LogP contribution in [0.3, 0.4) is 0 Å². The third-order valence-electron chi connectivity index (χ3n) is 13.1. The van der Waals surface area contributed by atoms with E-state index in [1.54, 1.807) is 0 Å². The van der Waals surface area contributed by atoms with E-state index in [1.165, 1.54) is 212 Å². The Morgan fingerprint density at radius 1 is 0.310 bits per heavy atom. The number of esters is 3. The Labute approximate surface area is 453 Å². The van der Waals surface area contributed by atoms with Crippen molar-refractivity contribution in [3.63, 3.8) is 0 Å². The fourth-order valence-corrected chi connectivity index (χ4v) is 39.3. The first-order valence-electron chi connectivity index (χ1n) is 30.2. The van der Waals surface area contributed by atoms with Crippen molar-refractivity contribution in [1.29, 1.82) is 0 Å². The Hall–Kier alpha value is -0.521. The van der Waals surface area contributed by atoms with Crippen LogP contribution in [0.4, 0.5) is 0 Å². The minimum Gasteiger partial charge on any atom is -0.0885 e. The van der Waals surface area contributed by atoms with Crippen LogP contribution in [0.2, 0.25) is 4.94 Å². The molecule has 416 valence electrons. The molecule has 0 aliphatic carbocycles. The summed E-state index contributed by atoms with van der Waals surface area (Å²) in [5, 5.41) is 0. The zero-order chi connectivity index (χ0) is 51.7. The summed E-state index contributed by atoms with van der Waals surface area (Å²) in [6, 6.07) is 0. The minimum atomic E-state index is -2.88. The Morgan fingerprint density at radius 3 is 0.732 bits per heavy atom. The molecule has 0 aromatic heterocycles. The molecule has 0 saturated heterocycles. The Bertz CT molecular complexity index is 1100. The van der Waals surface area contributed by atoms with Gasteiger partial charge in [0.05, 0.1) is 0 Å². The summed E-state index contributed by atoms with van der Waals surface area (Å²) in [7, 11) is 5.88. The van der Waals surface area contributed by atoms with E-state index in [-0.39, 0.29) is 17.9 Å². The molecule has 0 spiro atoms. The van der Waals surface area contributed by atoms with E-state index in [4.69, 9.17) is 14.2 Å². The molecule has 0 N–H and O–H groups in total. The van der Waals surface area contributed by atoms with Crippen LogP contribution in [0.5, 0.6) is 0 Å². The van der Waals surface area contributed by atoms with Crippen LogP contribution >= 0.6 is 26.8 Å². The van der Waals surface area contributed by atoms with Gasteiger partial charge in [-0.15, -0.1) is 0 Å². The number of rotatable bonds is 57. The minimum absolute atomic E-state index is 0.0864. The standard InChI is InChI=1S/3C20H38O2S.CH3.Sn/c3*1-2-3-4-5-6-7-8-9-10-11-12-13-14-15-16-17-20(21)22-18-19-23;;/h3*9-10,23H,2-8,11-19H2,1H3;1H3;/q;;;;+3/p-3/b3*10-9-;;. The van der Waals surface area contributed by atoms with Gasteiger partial charge in [0.15, 0.2) is 0 Å². The molecule has 0 heterocycles. The molecule has 0 amide bonds. The number of hydrogen-bond acceptors (Lipinski definition) is 9. The first-order chi connectivity index (χ1) is 34.9. The van der Waals surface area contributed by atoms with Crippen molar-refractivity contribution in [2.75, 3.05) is 37.1 Å². The smallest absolute Gasteiger partial charge is 0.0885 e. The van der Waals surface area contributed by atoms with E-state index in [0.29, 0.717) is 39.1 Å². The topological polar surface area (TPSA) is 78.9 Å². The number of unbranched alkanes of at least 4 members (excludes halogenated alkanes) is 33. The molecule has 0 aromatic carbocycles. The monoisotopic (exact) mass is 1160 g/mol. The van der Waals surface area contributed by atoms with Gasteiger partial charge >= 0.3 is 264 Å². The quantitative estimate of drug-likeness (QED) is 0.0195. The summed E-state index contributed by atoms with van der Waals surface area (Å²) < 4.78 is 17.0. The van der Waals surface area contributed by atoms with Gasteiger partial charge in [-0.3, -0.25) is 0 Å². The average Bonchev–Trinajstić information content (AvgIpc) is 3.36. The van der Waals surface area contributed by atoms with Crippen LogP contribution < -0.4 is 0 Å². The molecule has 0 fully saturated rings. The maximum atomic E-state index is 12.6. The van der Waals surface area contributed by atoms with E-state index >= 15 is 0 Å². The van der Waals surface area contributed by atoms with Crippen molar-refractivity contribution >= 4 is 59.0 Å². The molecule has 71 heavy (non-hydrogen) atoms. The number of carbonyl (C=O) groups excluding carboxylic acids is 3. The van der Waals surface area contributed by atoms with Crippen molar-refractivity contribution in [3.05, 3.63) is 36.5 Å². The fourth-order valence-electron chi connectivity index (χ4n) is 8.51. The number of carbonyl (C=O) groups is 3. The third-order valence-corrected chi connectivity index (χ3v) is 48.7. The molecule has 0 radical (unpaired) electrons. The maximum absolute atomic E-state index is 12.6. The second-order valence-corrected chi connectivity index (χ2v) is 56.1. The average molecular weight is 1160 g/mol. The predicted octanol–water partition coefficient (Wildman–Crippen LogP) is 20.5. The summed E-state index contributed by atoms with van der Waals surface area (Å²) in [6.07, 6.45) is 64.1. The van der Waals surface area contributed by atoms with E-state index in [2.05, 4.69) is 62.2 Å². The predicted molar refractivity (Wildman–Crippen MR) is 320 cm³/mol. The molecular weight excluding hydrogens is 1040 g/mol. The van der Waals surface area contributed by atoms with Gasteiger partial charge in [0.1, 0.15) is 0 Å². The van der Waals surface area contributed by atoms with E-state index in [1.807, 2.05) is 26.8 Å². The molecule has 6 nitrogen and oxygen atoms in total. The second-order valence-electron chi connectivity index (χ2n) is 20.1. The number of hydrogen-bond donors (Lipinski definition) is 0. The number of allylic oxidation sites excluding steroid dienone is 6. The molecule has 0 rings (SSSR count). The molecule has 0 aliphatic heterocycles. The van der Waals surface area contributed by atoms with Crippen LogP contribution in [-0.4, -0.2) is 69.2 Å². The molecule has 0 atom stereocenters. The van der Waals surface area contributed by atoms with Gasteiger partial charge in [0.25, 0.3) is 0 Å². The molecule has 0 aliphatic rings. The van der Waals surface area contributed by atoms with Crippen molar-refractivity contribution < 1.29 is 28.6 Å². The normalized spacial score (nSPS) is 12.0. The van der Waals surface area contributed by atoms with Crippen molar-refractivity contribution in [1.82, 2.24) is 0 Å². The zero-order valence-electron chi connectivity index (χ0n) is 47.1. The Kier molecular flexibility index (Phi) is 58.3. The summed E-state index contributed by atoms with van der Waals surface area (Å²) in [5.74, 6) is 2.06.